The number of amides is 1. The zero-order valence-electron chi connectivity index (χ0n) is 24.4. The van der Waals surface area contributed by atoms with E-state index in [1.165, 1.54) is 29.0 Å². The van der Waals surface area contributed by atoms with Crippen molar-refractivity contribution in [2.75, 3.05) is 44.7 Å². The minimum atomic E-state index is -0.0271. The molecule has 0 radical (unpaired) electrons. The van der Waals surface area contributed by atoms with Crippen LogP contribution in [0.3, 0.4) is 0 Å². The maximum Gasteiger partial charge on any atom is 0.318 e. The molecule has 2 aliphatic heterocycles. The molecule has 3 aromatic rings. The van der Waals surface area contributed by atoms with Gasteiger partial charge in [-0.15, -0.1) is 0 Å². The Morgan fingerprint density at radius 2 is 1.98 bits per heavy atom. The Kier molecular flexibility index (Phi) is 7.60. The van der Waals surface area contributed by atoms with E-state index in [1.54, 1.807) is 0 Å². The average Bonchev–Trinajstić information content (AvgIpc) is 3.39. The fraction of sp³-hybridized carbons (Fsp3) is 0.485. The first-order valence-corrected chi connectivity index (χ1v) is 14.9. The molecule has 0 bridgehead atoms. The molecule has 0 spiro atoms. The molecule has 216 valence electrons. The molecule has 2 aromatic carbocycles. The van der Waals surface area contributed by atoms with Gasteiger partial charge in [-0.1, -0.05) is 37.8 Å². The van der Waals surface area contributed by atoms with Gasteiger partial charge < -0.3 is 24.5 Å². The SMILES string of the molecule is C=CC(=O)N1CCN(c2nc(OC[C@@H]3CCCN3C)nc3c2C[C@H](C)C(c2cc(O)cc4ccccc24)C3)C(C)C1. The second-order valence-electron chi connectivity index (χ2n) is 12.1. The van der Waals surface area contributed by atoms with Crippen LogP contribution < -0.4 is 9.64 Å². The van der Waals surface area contributed by atoms with Crippen LogP contribution in [0.1, 0.15) is 49.4 Å². The summed E-state index contributed by atoms with van der Waals surface area (Å²) in [5, 5.41) is 12.8. The first-order valence-electron chi connectivity index (χ1n) is 14.9. The lowest BCUT2D eigenvalue weighted by molar-refractivity contribution is -0.126. The Hall–Kier alpha value is -3.65. The van der Waals surface area contributed by atoms with Gasteiger partial charge in [0.25, 0.3) is 0 Å². The van der Waals surface area contributed by atoms with E-state index in [1.807, 2.05) is 23.1 Å². The number of aromatic nitrogens is 2. The number of anilines is 1. The molecular weight excluding hydrogens is 514 g/mol. The smallest absolute Gasteiger partial charge is 0.318 e. The van der Waals surface area contributed by atoms with Crippen molar-refractivity contribution in [1.29, 1.82) is 0 Å². The van der Waals surface area contributed by atoms with E-state index in [4.69, 9.17) is 14.7 Å². The van der Waals surface area contributed by atoms with Gasteiger partial charge in [0, 0.05) is 37.3 Å². The van der Waals surface area contributed by atoms with Crippen molar-refractivity contribution in [2.24, 2.45) is 5.92 Å². The molecule has 41 heavy (non-hydrogen) atoms. The van der Waals surface area contributed by atoms with E-state index < -0.39 is 0 Å². The number of nitrogens with zero attached hydrogens (tertiary/aromatic N) is 5. The van der Waals surface area contributed by atoms with Crippen molar-refractivity contribution in [3.05, 3.63) is 65.9 Å². The van der Waals surface area contributed by atoms with E-state index in [9.17, 15) is 9.90 Å². The van der Waals surface area contributed by atoms with Crippen molar-refractivity contribution in [3.63, 3.8) is 0 Å². The summed E-state index contributed by atoms with van der Waals surface area (Å²) >= 11 is 0. The maximum atomic E-state index is 12.3. The number of carbonyl (C=O) groups is 1. The standard InChI is InChI=1S/C33H41N5O3/c1-5-31(40)37-13-14-38(22(3)19-37)32-29-15-21(2)27(28-17-25(39)16-23-9-6-7-11-26(23)28)18-30(29)34-33(35-32)41-20-24-10-8-12-36(24)4/h5-7,9,11,16-17,21-22,24,27,39H,1,8,10,12-15,18-20H2,2-4H3/t21-,22?,24-,27?/m0/s1. The molecule has 2 unspecified atom stereocenters. The van der Waals surface area contributed by atoms with Crippen LogP contribution in [-0.2, 0) is 17.6 Å². The van der Waals surface area contributed by atoms with Crippen LogP contribution in [0.4, 0.5) is 5.82 Å². The topological polar surface area (TPSA) is 82.0 Å². The summed E-state index contributed by atoms with van der Waals surface area (Å²) in [5.74, 6) is 1.74. The number of hydrogen-bond acceptors (Lipinski definition) is 7. The van der Waals surface area contributed by atoms with Gasteiger partial charge in [-0.25, -0.2) is 0 Å². The van der Waals surface area contributed by atoms with Gasteiger partial charge in [-0.2, -0.15) is 9.97 Å². The molecule has 2 fully saturated rings. The van der Waals surface area contributed by atoms with Gasteiger partial charge in [0.2, 0.25) is 5.91 Å². The normalized spacial score (nSPS) is 24.9. The van der Waals surface area contributed by atoms with Gasteiger partial charge in [-0.05, 0) is 92.6 Å². The minimum absolute atomic E-state index is 0.0271. The first kappa shape index (κ1) is 27.5. The lowest BCUT2D eigenvalue weighted by Crippen LogP contribution is -2.54. The molecule has 4 atom stereocenters. The van der Waals surface area contributed by atoms with Crippen molar-refractivity contribution in [3.8, 4) is 11.8 Å². The Morgan fingerprint density at radius 1 is 1.15 bits per heavy atom. The molecule has 1 N–H and O–H groups in total. The molecule has 1 amide bonds. The van der Waals surface area contributed by atoms with Crippen LogP contribution in [-0.4, -0.2) is 82.7 Å². The molecule has 8 nitrogen and oxygen atoms in total. The number of piperazine rings is 1. The summed E-state index contributed by atoms with van der Waals surface area (Å²) in [6, 6.07) is 13.0. The number of rotatable bonds is 6. The Balaban J connectivity index is 1.36. The highest BCUT2D eigenvalue weighted by Crippen LogP contribution is 2.43. The van der Waals surface area contributed by atoms with Crippen LogP contribution in [0.5, 0.6) is 11.8 Å². The lowest BCUT2D eigenvalue weighted by Gasteiger charge is -2.42. The predicted octanol–water partition coefficient (Wildman–Crippen LogP) is 4.55. The monoisotopic (exact) mass is 555 g/mol. The van der Waals surface area contributed by atoms with E-state index in [0.29, 0.717) is 50.0 Å². The number of likely N-dealkylation sites (tertiary alicyclic amines) is 1. The largest absolute Gasteiger partial charge is 0.508 e. The number of carbonyl (C=O) groups excluding carboxylic acids is 1. The zero-order chi connectivity index (χ0) is 28.7. The van der Waals surface area contributed by atoms with Gasteiger partial charge in [0.15, 0.2) is 0 Å². The number of fused-ring (bicyclic) bond motifs is 2. The summed E-state index contributed by atoms with van der Waals surface area (Å²) in [7, 11) is 2.15. The molecule has 0 saturated carbocycles. The van der Waals surface area contributed by atoms with Gasteiger partial charge in [-0.3, -0.25) is 4.79 Å². The van der Waals surface area contributed by atoms with Crippen molar-refractivity contribution in [1.82, 2.24) is 19.8 Å². The van der Waals surface area contributed by atoms with Crippen LogP contribution in [0.2, 0.25) is 0 Å². The zero-order valence-corrected chi connectivity index (χ0v) is 24.4. The first-order chi connectivity index (χ1) is 19.8. The van der Waals surface area contributed by atoms with Gasteiger partial charge in [0.1, 0.15) is 18.2 Å². The van der Waals surface area contributed by atoms with Gasteiger partial charge >= 0.3 is 6.01 Å². The number of likely N-dealkylation sites (N-methyl/N-ethyl adjacent to an activating group) is 1. The highest BCUT2D eigenvalue weighted by molar-refractivity contribution is 5.88. The molecule has 3 heterocycles. The van der Waals surface area contributed by atoms with Crippen molar-refractivity contribution in [2.45, 2.75) is 57.5 Å². The summed E-state index contributed by atoms with van der Waals surface area (Å²) in [5.41, 5.74) is 3.37. The van der Waals surface area contributed by atoms with E-state index in [-0.39, 0.29) is 17.9 Å². The predicted molar refractivity (Wildman–Crippen MR) is 162 cm³/mol. The molecule has 3 aliphatic rings. The second-order valence-corrected chi connectivity index (χ2v) is 12.1. The van der Waals surface area contributed by atoms with Crippen LogP contribution in [0.15, 0.2) is 49.1 Å². The number of aromatic hydroxyl groups is 1. The summed E-state index contributed by atoms with van der Waals surface area (Å²) in [6.07, 6.45) is 5.29. The van der Waals surface area contributed by atoms with E-state index in [2.05, 4.69) is 55.5 Å². The van der Waals surface area contributed by atoms with Crippen molar-refractivity contribution < 1.29 is 14.6 Å². The van der Waals surface area contributed by atoms with E-state index in [0.717, 1.165) is 42.7 Å². The summed E-state index contributed by atoms with van der Waals surface area (Å²) in [6.45, 7) is 11.7. The van der Waals surface area contributed by atoms with Crippen molar-refractivity contribution >= 4 is 22.5 Å². The van der Waals surface area contributed by atoms with Crippen LogP contribution >= 0.6 is 0 Å². The fourth-order valence-corrected chi connectivity index (χ4v) is 7.06. The number of benzene rings is 2. The quantitative estimate of drug-likeness (QED) is 0.447. The van der Waals surface area contributed by atoms with Gasteiger partial charge in [0.05, 0.1) is 5.69 Å². The summed E-state index contributed by atoms with van der Waals surface area (Å²) in [4.78, 5) is 28.9. The molecule has 2 saturated heterocycles. The Morgan fingerprint density at radius 3 is 2.73 bits per heavy atom. The fourth-order valence-electron chi connectivity index (χ4n) is 7.06. The van der Waals surface area contributed by atoms with Crippen LogP contribution in [0, 0.1) is 5.92 Å². The van der Waals surface area contributed by atoms with Crippen LogP contribution in [0.25, 0.3) is 10.8 Å². The molecule has 1 aliphatic carbocycles. The molecule has 6 rings (SSSR count). The number of phenols is 1. The number of phenolic OH excluding ortho intramolecular Hbond substituents is 1. The average molecular weight is 556 g/mol. The molecular formula is C33H41N5O3. The number of ether oxygens (including phenoxy) is 1. The Bertz CT molecular complexity index is 1460. The minimum Gasteiger partial charge on any atom is -0.508 e. The second kappa shape index (κ2) is 11.3. The summed E-state index contributed by atoms with van der Waals surface area (Å²) < 4.78 is 6.32. The highest BCUT2D eigenvalue weighted by atomic mass is 16.5. The maximum absolute atomic E-state index is 12.3. The third kappa shape index (κ3) is 5.37. The Labute approximate surface area is 242 Å². The number of hydrogen-bond donors (Lipinski definition) is 1. The molecule has 1 aromatic heterocycles. The van der Waals surface area contributed by atoms with E-state index >= 15 is 0 Å². The third-order valence-electron chi connectivity index (χ3n) is 9.42. The third-order valence-corrected chi connectivity index (χ3v) is 9.42. The molecule has 8 heteroatoms. The lowest BCUT2D eigenvalue weighted by atomic mass is 9.74. The highest BCUT2D eigenvalue weighted by Gasteiger charge is 2.36.